The molecule has 0 saturated heterocycles. The lowest BCUT2D eigenvalue weighted by molar-refractivity contribution is 0.103. The van der Waals surface area contributed by atoms with Crippen LogP contribution in [0.5, 0.6) is 0 Å². The Bertz CT molecular complexity index is 5030. The van der Waals surface area contributed by atoms with E-state index >= 15 is 0 Å². The van der Waals surface area contributed by atoms with Crippen LogP contribution in [-0.2, 0) is 36.5 Å². The molecule has 0 fully saturated rings. The number of hydrogen-bond donors (Lipinski definition) is 0. The van der Waals surface area contributed by atoms with Crippen LogP contribution in [0.4, 0.5) is 0 Å². The van der Waals surface area contributed by atoms with Crippen molar-refractivity contribution in [3.63, 3.8) is 0 Å². The fraction of sp³-hybridized carbons (Fsp3) is 0.306. The number of ketones is 2. The van der Waals surface area contributed by atoms with Gasteiger partial charge < -0.3 is 0 Å². The highest BCUT2D eigenvalue weighted by molar-refractivity contribution is 7.31. The largest absolute Gasteiger partial charge is 0.289 e. The van der Waals surface area contributed by atoms with Crippen LogP contribution in [0.25, 0.3) is 63.0 Å². The number of fused-ring (bicyclic) bond motifs is 12. The lowest BCUT2D eigenvalue weighted by atomic mass is 9.65. The molecule has 0 radical (unpaired) electrons. The summed E-state index contributed by atoms with van der Waals surface area (Å²) < 4.78 is 4.49. The van der Waals surface area contributed by atoms with Gasteiger partial charge in [-0.3, -0.25) is 9.59 Å². The fourth-order valence-electron chi connectivity index (χ4n) is 17.1. The third-order valence-electron chi connectivity index (χ3n) is 22.2. The maximum Gasteiger partial charge on any atom is 0.194 e. The number of hydrogen-bond acceptors (Lipinski definition) is 10. The summed E-state index contributed by atoms with van der Waals surface area (Å²) in [4.78, 5) is 33.5. The molecule has 4 aliphatic rings. The molecule has 7 aromatic carbocycles. The Morgan fingerprint density at radius 1 is 0.352 bits per heavy atom. The minimum atomic E-state index is -0.839. The van der Waals surface area contributed by atoms with Crippen LogP contribution in [0, 0.1) is 45.3 Å². The summed E-state index contributed by atoms with van der Waals surface area (Å²) >= 11 is 7.01. The van der Waals surface area contributed by atoms with Crippen LogP contribution in [-0.4, -0.2) is 11.6 Å². The zero-order valence-corrected chi connectivity index (χ0v) is 67.0. The molecule has 0 saturated carbocycles. The first-order valence-corrected chi connectivity index (χ1v) is 42.8. The molecule has 0 N–H and O–H groups in total. The highest BCUT2D eigenvalue weighted by atomic mass is 32.1. The van der Waals surface area contributed by atoms with Gasteiger partial charge in [0, 0.05) is 73.5 Å². The molecule has 0 bridgehead atoms. The molecule has 108 heavy (non-hydrogen) atoms. The monoisotopic (exact) mass is 1490 g/mol. The zero-order valence-electron chi connectivity index (χ0n) is 63.7. The summed E-state index contributed by atoms with van der Waals surface area (Å²) in [6.07, 6.45) is 26.7. The topological polar surface area (TPSA) is 129 Å². The van der Waals surface area contributed by atoms with Gasteiger partial charge in [0.05, 0.1) is 20.2 Å². The molecule has 4 aromatic heterocycles. The van der Waals surface area contributed by atoms with Gasteiger partial charge in [-0.2, -0.15) is 21.0 Å². The number of carbonyl (C=O) groups is 2. The summed E-state index contributed by atoms with van der Waals surface area (Å²) in [5.41, 5.74) is 19.1. The molecular weight excluding hydrogens is 1390 g/mol. The molecule has 11 aromatic rings. The Kier molecular flexibility index (Phi) is 24.1. The normalized spacial score (nSPS) is 14.4. The van der Waals surface area contributed by atoms with E-state index in [0.717, 1.165) is 79.9 Å². The number of carbonyl (C=O) groups excluding carboxylic acids is 2. The Morgan fingerprint density at radius 2 is 0.639 bits per heavy atom. The first kappa shape index (κ1) is 76.3. The molecule has 0 aliphatic heterocycles. The maximum atomic E-state index is 14.6. The number of nitriles is 4. The molecule has 0 atom stereocenters. The van der Waals surface area contributed by atoms with Gasteiger partial charge in [0.25, 0.3) is 0 Å². The average Bonchev–Trinajstić information content (AvgIpc) is 1.49. The number of nitrogens with zero attached hydrogens (tertiary/aromatic N) is 4. The van der Waals surface area contributed by atoms with Crippen LogP contribution >= 0.6 is 45.3 Å². The molecule has 0 amide bonds. The van der Waals surface area contributed by atoms with Crippen molar-refractivity contribution < 1.29 is 9.59 Å². The van der Waals surface area contributed by atoms with Crippen molar-refractivity contribution in [2.75, 3.05) is 0 Å². The predicted molar refractivity (Wildman–Crippen MR) is 455 cm³/mol. The van der Waals surface area contributed by atoms with Gasteiger partial charge >= 0.3 is 0 Å². The summed E-state index contributed by atoms with van der Waals surface area (Å²) in [7, 11) is 0. The standard InChI is InChI=1S/C94H82N4O2S4.2C2H6/c1-5-9-13-17-25-59-33-41-65(42-34-59)93(66-43-35-60(36-44-66)26-18-14-10-6-2)79-53-76-80(54-75(79)89-85(93)91-81(103-89)51-69(101-91)49-77-83(63(55-95)56-96)71-29-21-23-31-73(71)87(77)99)94(67-45-37-61(38-46-67)27-19-15-11-7-3,68-47-39-62(40-48-68)28-20-16-12-8-4)86-90(76)104-82-52-70(102-92(82)86)50-78-84(64(57-97)58-98)72-30-22-24-32-74(72)88(78)100;2*1-2/h21-24,29-54H,5-20,25-28H2,1-4H3;2*1-2H3/b77-49-,78-50-;;. The molecule has 4 heterocycles. The van der Waals surface area contributed by atoms with Gasteiger partial charge in [0.1, 0.15) is 35.4 Å². The van der Waals surface area contributed by atoms with Crippen molar-refractivity contribution >= 4 is 99.0 Å². The van der Waals surface area contributed by atoms with E-state index in [-0.39, 0.29) is 22.7 Å². The fourth-order valence-corrected chi connectivity index (χ4v) is 22.6. The minimum Gasteiger partial charge on any atom is -0.289 e. The maximum absolute atomic E-state index is 14.6. The van der Waals surface area contributed by atoms with Gasteiger partial charge in [-0.25, -0.2) is 0 Å². The Morgan fingerprint density at radius 3 is 0.917 bits per heavy atom. The van der Waals surface area contributed by atoms with Gasteiger partial charge in [0.15, 0.2) is 11.6 Å². The Hall–Kier alpha value is -9.88. The number of benzene rings is 7. The van der Waals surface area contributed by atoms with Gasteiger partial charge in [0.2, 0.25) is 0 Å². The molecule has 4 aliphatic carbocycles. The van der Waals surface area contributed by atoms with E-state index in [4.69, 9.17) is 0 Å². The van der Waals surface area contributed by atoms with E-state index < -0.39 is 10.8 Å². The number of rotatable bonds is 26. The molecule has 10 heteroatoms. The third kappa shape index (κ3) is 13.7. The van der Waals surface area contributed by atoms with E-state index in [1.807, 2.05) is 98.9 Å². The van der Waals surface area contributed by atoms with E-state index in [0.29, 0.717) is 44.5 Å². The van der Waals surface area contributed by atoms with Crippen molar-refractivity contribution in [1.29, 1.82) is 21.0 Å². The second kappa shape index (κ2) is 34.1. The van der Waals surface area contributed by atoms with Crippen LogP contribution in [0.2, 0.25) is 0 Å². The smallest absolute Gasteiger partial charge is 0.194 e. The third-order valence-corrected chi connectivity index (χ3v) is 27.0. The van der Waals surface area contributed by atoms with E-state index in [9.17, 15) is 30.6 Å². The van der Waals surface area contributed by atoms with E-state index in [1.54, 1.807) is 34.8 Å². The molecular formula is C98H94N4O2S4. The summed E-state index contributed by atoms with van der Waals surface area (Å²) in [6.45, 7) is 17.1. The Labute approximate surface area is 655 Å². The number of aryl methyl sites for hydroxylation is 4. The quantitative estimate of drug-likeness (QED) is 0.0302. The molecule has 0 unspecified atom stereocenters. The number of Topliss-reactive ketones (excluding diaryl/α,β-unsaturated/α-hetero) is 2. The number of unbranched alkanes of at least 4 members (excludes halogenated alkanes) is 12. The van der Waals surface area contributed by atoms with Crippen molar-refractivity contribution in [3.05, 3.63) is 291 Å². The summed E-state index contributed by atoms with van der Waals surface area (Å²) in [6, 6.07) is 71.2. The summed E-state index contributed by atoms with van der Waals surface area (Å²) in [5.74, 6) is -0.389. The minimum absolute atomic E-state index is 0.0803. The number of thiophene rings is 4. The molecule has 0 spiro atoms. The molecule has 15 rings (SSSR count). The van der Waals surface area contributed by atoms with Crippen molar-refractivity contribution in [3.8, 4) is 45.2 Å². The average molecular weight is 1490 g/mol. The summed E-state index contributed by atoms with van der Waals surface area (Å²) in [5, 5.41) is 41.8. The van der Waals surface area contributed by atoms with E-state index in [1.165, 1.54) is 165 Å². The Balaban J connectivity index is 0.00000253. The van der Waals surface area contributed by atoms with Gasteiger partial charge in [-0.1, -0.05) is 278 Å². The van der Waals surface area contributed by atoms with Crippen LogP contribution < -0.4 is 0 Å². The van der Waals surface area contributed by atoms with Crippen LogP contribution in [0.3, 0.4) is 0 Å². The lowest BCUT2D eigenvalue weighted by Gasteiger charge is -2.36. The second-order valence-corrected chi connectivity index (χ2v) is 32.9. The SMILES string of the molecule is CC.CC.CCCCCCc1ccc(C2(c3ccc(CCCCCC)cc3)c3cc4c(cc3-c3sc5cc(/C=C6\C(=O)c7ccccc7C6=C(C#N)C#N)sc5c32)C(c2ccc(CCCCCC)cc2)(c2ccc(CCCCCC)cc2)c2c-4sc3cc(/C=C4\C(=O)c5ccccc5C4=C(C#N)C#N)sc23)cc1. The van der Waals surface area contributed by atoms with Crippen molar-refractivity contribution in [2.45, 2.75) is 195 Å². The van der Waals surface area contributed by atoms with E-state index in [2.05, 4.69) is 173 Å². The highest BCUT2D eigenvalue weighted by Gasteiger charge is 2.55. The van der Waals surface area contributed by atoms with Crippen LogP contribution in [0.1, 0.15) is 266 Å². The van der Waals surface area contributed by atoms with Crippen LogP contribution in [0.15, 0.2) is 192 Å². The second-order valence-electron chi connectivity index (χ2n) is 28.6. The molecule has 542 valence electrons. The molecule has 6 nitrogen and oxygen atoms in total. The van der Waals surface area contributed by atoms with Crippen molar-refractivity contribution in [1.82, 2.24) is 0 Å². The highest BCUT2D eigenvalue weighted by Crippen LogP contribution is 2.68. The zero-order chi connectivity index (χ0) is 75.6. The first-order valence-electron chi connectivity index (χ1n) is 39.6. The van der Waals surface area contributed by atoms with Crippen molar-refractivity contribution in [2.24, 2.45) is 0 Å². The first-order chi connectivity index (χ1) is 53.1. The van der Waals surface area contributed by atoms with Gasteiger partial charge in [-0.15, -0.1) is 45.3 Å². The lowest BCUT2D eigenvalue weighted by Crippen LogP contribution is -2.30. The predicted octanol–water partition coefficient (Wildman–Crippen LogP) is 27.7. The van der Waals surface area contributed by atoms with Gasteiger partial charge in [-0.05, 0) is 166 Å². The number of allylic oxidation sites excluding steroid dienone is 6.